The van der Waals surface area contributed by atoms with Crippen molar-refractivity contribution in [1.29, 1.82) is 0 Å². The van der Waals surface area contributed by atoms with E-state index in [9.17, 15) is 9.90 Å². The van der Waals surface area contributed by atoms with Gasteiger partial charge in [-0.25, -0.2) is 0 Å². The topological polar surface area (TPSA) is 69.2 Å². The van der Waals surface area contributed by atoms with E-state index in [0.717, 1.165) is 5.56 Å². The number of β-amino-alcohol motifs (C(OH)–C–C–N with tert-alkyl or cyclic N) is 1. The number of hydrogen-bond donors (Lipinski definition) is 2. The van der Waals surface area contributed by atoms with Gasteiger partial charge in [-0.2, -0.15) is 5.10 Å². The molecule has 0 saturated carbocycles. The summed E-state index contributed by atoms with van der Waals surface area (Å²) in [7, 11) is 0. The molecule has 2 aromatic rings. The average molecular weight is 306 g/mol. The van der Waals surface area contributed by atoms with Gasteiger partial charge in [0, 0.05) is 10.6 Å². The van der Waals surface area contributed by atoms with E-state index >= 15 is 0 Å². The van der Waals surface area contributed by atoms with Gasteiger partial charge in [-0.3, -0.25) is 9.89 Å². The van der Waals surface area contributed by atoms with Gasteiger partial charge in [0.25, 0.3) is 5.91 Å². The minimum Gasteiger partial charge on any atom is -0.386 e. The molecule has 1 aromatic heterocycles. The van der Waals surface area contributed by atoms with Gasteiger partial charge in [-0.15, -0.1) is 0 Å². The number of hydrogen-bond acceptors (Lipinski definition) is 3. The summed E-state index contributed by atoms with van der Waals surface area (Å²) < 4.78 is 0. The lowest BCUT2D eigenvalue weighted by Crippen LogP contribution is -2.63. The quantitative estimate of drug-likeness (QED) is 0.914. The highest BCUT2D eigenvalue weighted by Gasteiger charge is 2.42. The number of aromatic amines is 1. The smallest absolute Gasteiger partial charge is 0.257 e. The van der Waals surface area contributed by atoms with Crippen LogP contribution in [0.1, 0.15) is 23.7 Å². The molecule has 110 valence electrons. The zero-order chi connectivity index (χ0) is 15.0. The highest BCUT2D eigenvalue weighted by atomic mass is 35.5. The molecule has 1 aliphatic rings. The fraction of sp³-hybridized carbons (Fsp3) is 0.333. The van der Waals surface area contributed by atoms with Crippen LogP contribution in [0.2, 0.25) is 5.02 Å². The monoisotopic (exact) mass is 305 g/mol. The lowest BCUT2D eigenvalue weighted by atomic mass is 9.90. The number of carbonyl (C=O) groups excluding carboxylic acids is 1. The Morgan fingerprint density at radius 2 is 2.19 bits per heavy atom. The molecule has 1 saturated heterocycles. The third-order valence-electron chi connectivity index (χ3n) is 3.93. The molecule has 6 heteroatoms. The molecule has 21 heavy (non-hydrogen) atoms. The molecule has 0 bridgehead atoms. The van der Waals surface area contributed by atoms with Gasteiger partial charge in [-0.1, -0.05) is 36.7 Å². The van der Waals surface area contributed by atoms with E-state index in [4.69, 9.17) is 11.6 Å². The fourth-order valence-electron chi connectivity index (χ4n) is 2.52. The summed E-state index contributed by atoms with van der Waals surface area (Å²) >= 11 is 6.17. The number of nitrogens with one attached hydrogen (secondary N) is 1. The number of aromatic nitrogens is 2. The molecule has 3 rings (SSSR count). The first-order valence-electron chi connectivity index (χ1n) is 6.84. The number of rotatable bonds is 3. The highest BCUT2D eigenvalue weighted by Crippen LogP contribution is 2.31. The molecule has 1 fully saturated rings. The van der Waals surface area contributed by atoms with Crippen LogP contribution in [0.25, 0.3) is 11.3 Å². The molecule has 0 aliphatic carbocycles. The maximum absolute atomic E-state index is 12.5. The second kappa shape index (κ2) is 5.16. The number of H-pyrrole nitrogens is 1. The van der Waals surface area contributed by atoms with Crippen molar-refractivity contribution in [2.24, 2.45) is 0 Å². The molecule has 5 nitrogen and oxygen atoms in total. The first-order valence-corrected chi connectivity index (χ1v) is 7.22. The van der Waals surface area contributed by atoms with Crippen LogP contribution in [0.15, 0.2) is 30.5 Å². The van der Waals surface area contributed by atoms with Crippen molar-refractivity contribution in [2.45, 2.75) is 18.9 Å². The number of nitrogens with zero attached hydrogens (tertiary/aromatic N) is 2. The van der Waals surface area contributed by atoms with Gasteiger partial charge in [-0.05, 0) is 12.5 Å². The van der Waals surface area contributed by atoms with Crippen LogP contribution in [0.4, 0.5) is 0 Å². The number of carbonyl (C=O) groups is 1. The van der Waals surface area contributed by atoms with E-state index in [1.54, 1.807) is 11.0 Å². The summed E-state index contributed by atoms with van der Waals surface area (Å²) in [4.78, 5) is 14.1. The van der Waals surface area contributed by atoms with Crippen LogP contribution in [-0.4, -0.2) is 44.8 Å². The molecule has 1 aromatic carbocycles. The molecular formula is C15H16ClN3O2. The molecule has 1 aliphatic heterocycles. The fourth-order valence-corrected chi connectivity index (χ4v) is 2.75. The van der Waals surface area contributed by atoms with Crippen molar-refractivity contribution < 1.29 is 9.90 Å². The maximum atomic E-state index is 12.5. The average Bonchev–Trinajstić information content (AvgIpc) is 2.93. The molecule has 0 unspecified atom stereocenters. The Morgan fingerprint density at radius 1 is 1.48 bits per heavy atom. The summed E-state index contributed by atoms with van der Waals surface area (Å²) in [6, 6.07) is 7.30. The zero-order valence-electron chi connectivity index (χ0n) is 11.6. The van der Waals surface area contributed by atoms with Crippen molar-refractivity contribution in [3.8, 4) is 11.3 Å². The van der Waals surface area contributed by atoms with E-state index in [0.29, 0.717) is 35.8 Å². The first kappa shape index (κ1) is 14.1. The molecule has 0 radical (unpaired) electrons. The van der Waals surface area contributed by atoms with Gasteiger partial charge in [0.05, 0.1) is 36.1 Å². The van der Waals surface area contributed by atoms with Crippen LogP contribution in [-0.2, 0) is 0 Å². The lowest BCUT2D eigenvalue weighted by Gasteiger charge is -2.46. The predicted molar refractivity (Wildman–Crippen MR) is 80.2 cm³/mol. The Morgan fingerprint density at radius 3 is 2.86 bits per heavy atom. The second-order valence-electron chi connectivity index (χ2n) is 5.38. The summed E-state index contributed by atoms with van der Waals surface area (Å²) in [6.45, 7) is 2.62. The largest absolute Gasteiger partial charge is 0.386 e. The Balaban J connectivity index is 1.87. The molecule has 2 N–H and O–H groups in total. The van der Waals surface area contributed by atoms with E-state index in [1.165, 1.54) is 6.20 Å². The number of benzene rings is 1. The minimum absolute atomic E-state index is 0.142. The minimum atomic E-state index is -0.746. The predicted octanol–water partition coefficient (Wildman–Crippen LogP) is 2.33. The molecular weight excluding hydrogens is 290 g/mol. The van der Waals surface area contributed by atoms with Crippen molar-refractivity contribution in [3.63, 3.8) is 0 Å². The van der Waals surface area contributed by atoms with E-state index in [1.807, 2.05) is 25.1 Å². The molecule has 0 atom stereocenters. The normalized spacial score (nSPS) is 16.6. The van der Waals surface area contributed by atoms with Gasteiger partial charge < -0.3 is 10.0 Å². The Kier molecular flexibility index (Phi) is 3.47. The van der Waals surface area contributed by atoms with Crippen LogP contribution in [0.3, 0.4) is 0 Å². The van der Waals surface area contributed by atoms with Crippen LogP contribution >= 0.6 is 11.6 Å². The van der Waals surface area contributed by atoms with Gasteiger partial charge in [0.15, 0.2) is 0 Å². The first-order chi connectivity index (χ1) is 10.0. The van der Waals surface area contributed by atoms with E-state index < -0.39 is 5.60 Å². The van der Waals surface area contributed by atoms with Crippen molar-refractivity contribution in [2.75, 3.05) is 13.1 Å². The van der Waals surface area contributed by atoms with Gasteiger partial charge in [0.2, 0.25) is 0 Å². The third kappa shape index (κ3) is 2.43. The number of amides is 1. The van der Waals surface area contributed by atoms with Crippen LogP contribution < -0.4 is 0 Å². The standard InChI is InChI=1S/C15H16ClN3O2/c1-2-15(21)8-19(9-15)14(20)11-7-17-18-13(11)10-5-3-4-6-12(10)16/h3-7,21H,2,8-9H2,1H3,(H,17,18). The van der Waals surface area contributed by atoms with Crippen LogP contribution in [0, 0.1) is 0 Å². The number of aliphatic hydroxyl groups is 1. The zero-order valence-corrected chi connectivity index (χ0v) is 12.4. The van der Waals surface area contributed by atoms with E-state index in [2.05, 4.69) is 10.2 Å². The van der Waals surface area contributed by atoms with E-state index in [-0.39, 0.29) is 5.91 Å². The van der Waals surface area contributed by atoms with Crippen molar-refractivity contribution in [3.05, 3.63) is 41.0 Å². The van der Waals surface area contributed by atoms with Crippen molar-refractivity contribution >= 4 is 17.5 Å². The maximum Gasteiger partial charge on any atom is 0.257 e. The lowest BCUT2D eigenvalue weighted by molar-refractivity contribution is -0.0826. The van der Waals surface area contributed by atoms with Crippen molar-refractivity contribution in [1.82, 2.24) is 15.1 Å². The molecule has 1 amide bonds. The Bertz CT molecular complexity index is 677. The summed E-state index contributed by atoms with van der Waals surface area (Å²) in [6.07, 6.45) is 2.14. The SMILES string of the molecule is CCC1(O)CN(C(=O)c2cn[nH]c2-c2ccccc2Cl)C1. The summed E-state index contributed by atoms with van der Waals surface area (Å²) in [5.74, 6) is -0.142. The van der Waals surface area contributed by atoms with Gasteiger partial charge in [0.1, 0.15) is 0 Å². The Labute approximate surface area is 127 Å². The molecule has 2 heterocycles. The second-order valence-corrected chi connectivity index (χ2v) is 5.78. The molecule has 0 spiro atoms. The highest BCUT2D eigenvalue weighted by molar-refractivity contribution is 6.33. The summed E-state index contributed by atoms with van der Waals surface area (Å²) in [5.41, 5.74) is 1.08. The third-order valence-corrected chi connectivity index (χ3v) is 4.26. The number of likely N-dealkylation sites (tertiary alicyclic amines) is 1. The Hall–Kier alpha value is -1.85. The number of halogens is 1. The summed E-state index contributed by atoms with van der Waals surface area (Å²) in [5, 5.41) is 17.4. The van der Waals surface area contributed by atoms with Crippen LogP contribution in [0.5, 0.6) is 0 Å². The van der Waals surface area contributed by atoms with Gasteiger partial charge >= 0.3 is 0 Å².